The minimum atomic E-state index is -1.69. The highest BCUT2D eigenvalue weighted by Gasteiger charge is 2.25. The number of nitrogen functional groups attached to an aromatic ring is 1. The first-order valence-corrected chi connectivity index (χ1v) is 4.51. The van der Waals surface area contributed by atoms with Gasteiger partial charge in [-0.2, -0.15) is 0 Å². The zero-order valence-corrected chi connectivity index (χ0v) is 8.48. The summed E-state index contributed by atoms with van der Waals surface area (Å²) in [6.45, 7) is 0. The first-order valence-electron chi connectivity index (χ1n) is 4.14. The van der Waals surface area contributed by atoms with E-state index in [1.807, 2.05) is 0 Å². The number of aliphatic hydroxyl groups excluding tert-OH is 2. The number of rotatable bonds is 3. The summed E-state index contributed by atoms with van der Waals surface area (Å²) in [7, 11) is 0. The molecule has 0 aliphatic carbocycles. The second-order valence-electron chi connectivity index (χ2n) is 3.07. The third-order valence-corrected chi connectivity index (χ3v) is 2.26. The predicted molar refractivity (Wildman–Crippen MR) is 56.0 cm³/mol. The van der Waals surface area contributed by atoms with E-state index >= 15 is 0 Å². The molecule has 6 N–H and O–H groups in total. The standard InChI is InChI=1S/C9H11ClN2O3/c10-6-3-4(11)1-2-5(6)7(13)8(14)9(12)15/h1-3,7-8,13-14H,11H2,(H2,12,15). The minimum Gasteiger partial charge on any atom is -0.399 e. The fraction of sp³-hybridized carbons (Fsp3) is 0.222. The highest BCUT2D eigenvalue weighted by Crippen LogP contribution is 2.27. The second-order valence-corrected chi connectivity index (χ2v) is 3.48. The topological polar surface area (TPSA) is 110 Å². The average Bonchev–Trinajstić information content (AvgIpc) is 2.15. The number of hydrogen-bond acceptors (Lipinski definition) is 4. The molecule has 0 bridgehead atoms. The van der Waals surface area contributed by atoms with Gasteiger partial charge >= 0.3 is 0 Å². The van der Waals surface area contributed by atoms with Crippen LogP contribution in [0.5, 0.6) is 0 Å². The number of anilines is 1. The van der Waals surface area contributed by atoms with E-state index < -0.39 is 18.1 Å². The summed E-state index contributed by atoms with van der Waals surface area (Å²) in [5.74, 6) is -1.02. The lowest BCUT2D eigenvalue weighted by molar-refractivity contribution is -0.131. The molecule has 2 unspecified atom stereocenters. The maximum Gasteiger partial charge on any atom is 0.249 e. The van der Waals surface area contributed by atoms with Crippen molar-refractivity contribution in [3.05, 3.63) is 28.8 Å². The quantitative estimate of drug-likeness (QED) is 0.539. The molecule has 5 nitrogen and oxygen atoms in total. The van der Waals surface area contributed by atoms with Gasteiger partial charge in [-0.05, 0) is 12.1 Å². The van der Waals surface area contributed by atoms with E-state index in [0.717, 1.165) is 0 Å². The van der Waals surface area contributed by atoms with Crippen LogP contribution in [0.15, 0.2) is 18.2 Å². The van der Waals surface area contributed by atoms with Crippen molar-refractivity contribution in [3.8, 4) is 0 Å². The highest BCUT2D eigenvalue weighted by atomic mass is 35.5. The summed E-state index contributed by atoms with van der Waals surface area (Å²) in [5.41, 5.74) is 10.9. The Labute approximate surface area is 91.3 Å². The Hall–Kier alpha value is -1.30. The molecule has 0 radical (unpaired) electrons. The number of halogens is 1. The van der Waals surface area contributed by atoms with Crippen LogP contribution in [-0.4, -0.2) is 22.2 Å². The zero-order valence-electron chi connectivity index (χ0n) is 7.72. The van der Waals surface area contributed by atoms with Crippen molar-refractivity contribution in [2.45, 2.75) is 12.2 Å². The minimum absolute atomic E-state index is 0.169. The van der Waals surface area contributed by atoms with Gasteiger partial charge in [-0.15, -0.1) is 0 Å². The van der Waals surface area contributed by atoms with Crippen LogP contribution in [0.2, 0.25) is 5.02 Å². The lowest BCUT2D eigenvalue weighted by Crippen LogP contribution is -2.33. The number of amides is 1. The summed E-state index contributed by atoms with van der Waals surface area (Å²) in [5, 5.41) is 19.0. The Balaban J connectivity index is 3.01. The van der Waals surface area contributed by atoms with E-state index in [2.05, 4.69) is 0 Å². The van der Waals surface area contributed by atoms with Crippen molar-refractivity contribution in [3.63, 3.8) is 0 Å². The molecule has 2 atom stereocenters. The van der Waals surface area contributed by atoms with Gasteiger partial charge in [0.25, 0.3) is 0 Å². The molecule has 1 aromatic rings. The molecular formula is C9H11ClN2O3. The Morgan fingerprint density at radius 2 is 2.00 bits per heavy atom. The third-order valence-electron chi connectivity index (χ3n) is 1.93. The Bertz CT molecular complexity index is 384. The van der Waals surface area contributed by atoms with Gasteiger partial charge in [0.15, 0.2) is 6.10 Å². The first-order chi connectivity index (χ1) is 6.93. The SMILES string of the molecule is NC(=O)C(O)C(O)c1ccc(N)cc1Cl. The molecule has 0 aliphatic heterocycles. The van der Waals surface area contributed by atoms with Crippen LogP contribution < -0.4 is 11.5 Å². The number of hydrogen-bond donors (Lipinski definition) is 4. The fourth-order valence-corrected chi connectivity index (χ4v) is 1.41. The molecule has 0 saturated carbocycles. The van der Waals surface area contributed by atoms with Crippen molar-refractivity contribution in [2.75, 3.05) is 5.73 Å². The van der Waals surface area contributed by atoms with E-state index in [0.29, 0.717) is 5.69 Å². The number of aliphatic hydroxyl groups is 2. The van der Waals surface area contributed by atoms with Crippen LogP contribution in [0.25, 0.3) is 0 Å². The predicted octanol–water partition coefficient (Wildman–Crippen LogP) is -0.198. The van der Waals surface area contributed by atoms with E-state index in [-0.39, 0.29) is 10.6 Å². The number of carbonyl (C=O) groups excluding carboxylic acids is 1. The zero-order chi connectivity index (χ0) is 11.6. The van der Waals surface area contributed by atoms with E-state index in [1.165, 1.54) is 18.2 Å². The van der Waals surface area contributed by atoms with E-state index in [4.69, 9.17) is 23.1 Å². The summed E-state index contributed by atoms with van der Waals surface area (Å²) in [6, 6.07) is 4.33. The largest absolute Gasteiger partial charge is 0.399 e. The molecule has 82 valence electrons. The molecule has 0 aliphatic rings. The van der Waals surface area contributed by atoms with E-state index in [1.54, 1.807) is 0 Å². The first kappa shape index (κ1) is 11.8. The second kappa shape index (κ2) is 4.48. The Kier molecular flexibility index (Phi) is 3.52. The van der Waals surface area contributed by atoms with Gasteiger partial charge < -0.3 is 21.7 Å². The normalized spacial score (nSPS) is 14.6. The van der Waals surface area contributed by atoms with Crippen LogP contribution in [0.3, 0.4) is 0 Å². The summed E-state index contributed by atoms with van der Waals surface area (Å²) in [4.78, 5) is 10.6. The van der Waals surface area contributed by atoms with E-state index in [9.17, 15) is 15.0 Å². The van der Waals surface area contributed by atoms with Crippen LogP contribution in [0.1, 0.15) is 11.7 Å². The van der Waals surface area contributed by atoms with Crippen LogP contribution >= 0.6 is 11.6 Å². The maximum absolute atomic E-state index is 10.6. The van der Waals surface area contributed by atoms with Gasteiger partial charge in [0, 0.05) is 16.3 Å². The van der Waals surface area contributed by atoms with Gasteiger partial charge in [0.1, 0.15) is 6.10 Å². The number of carbonyl (C=O) groups is 1. The molecule has 0 spiro atoms. The summed E-state index contributed by atoms with van der Waals surface area (Å²) in [6.07, 6.45) is -3.14. The van der Waals surface area contributed by atoms with Crippen molar-refractivity contribution in [1.82, 2.24) is 0 Å². The average molecular weight is 231 g/mol. The molecule has 0 aromatic heterocycles. The molecule has 1 aromatic carbocycles. The van der Waals surface area contributed by atoms with Gasteiger partial charge in [0.05, 0.1) is 0 Å². The molecule has 6 heteroatoms. The van der Waals surface area contributed by atoms with Crippen molar-refractivity contribution in [1.29, 1.82) is 0 Å². The van der Waals surface area contributed by atoms with Crippen molar-refractivity contribution < 1.29 is 15.0 Å². The summed E-state index contributed by atoms with van der Waals surface area (Å²) >= 11 is 5.77. The molecule has 1 rings (SSSR count). The smallest absolute Gasteiger partial charge is 0.249 e. The van der Waals surface area contributed by atoms with Gasteiger partial charge in [-0.25, -0.2) is 0 Å². The molecule has 0 saturated heterocycles. The van der Waals surface area contributed by atoms with Gasteiger partial charge in [0.2, 0.25) is 5.91 Å². The molecule has 0 fully saturated rings. The molecule has 0 heterocycles. The molecule has 1 amide bonds. The number of primary amides is 1. The Morgan fingerprint density at radius 1 is 1.40 bits per heavy atom. The number of nitrogens with two attached hydrogens (primary N) is 2. The molecular weight excluding hydrogens is 220 g/mol. The third kappa shape index (κ3) is 2.59. The highest BCUT2D eigenvalue weighted by molar-refractivity contribution is 6.31. The van der Waals surface area contributed by atoms with Gasteiger partial charge in [-0.3, -0.25) is 4.79 Å². The van der Waals surface area contributed by atoms with Crippen LogP contribution in [0.4, 0.5) is 5.69 Å². The summed E-state index contributed by atoms with van der Waals surface area (Å²) < 4.78 is 0. The fourth-order valence-electron chi connectivity index (χ4n) is 1.11. The van der Waals surface area contributed by atoms with Crippen molar-refractivity contribution >= 4 is 23.2 Å². The lowest BCUT2D eigenvalue weighted by Gasteiger charge is -2.16. The van der Waals surface area contributed by atoms with Crippen LogP contribution in [-0.2, 0) is 4.79 Å². The lowest BCUT2D eigenvalue weighted by atomic mass is 10.0. The monoisotopic (exact) mass is 230 g/mol. The van der Waals surface area contributed by atoms with Crippen LogP contribution in [0, 0.1) is 0 Å². The molecule has 15 heavy (non-hydrogen) atoms. The van der Waals surface area contributed by atoms with Gasteiger partial charge in [-0.1, -0.05) is 17.7 Å². The Morgan fingerprint density at radius 3 is 2.47 bits per heavy atom. The van der Waals surface area contributed by atoms with Crippen molar-refractivity contribution in [2.24, 2.45) is 5.73 Å². The maximum atomic E-state index is 10.6. The number of benzene rings is 1.